The van der Waals surface area contributed by atoms with E-state index < -0.39 is 0 Å². The topological polar surface area (TPSA) is 71.9 Å². The molecule has 3 aromatic rings. The van der Waals surface area contributed by atoms with Crippen LogP contribution in [-0.2, 0) is 6.54 Å². The Kier molecular flexibility index (Phi) is 4.20. The van der Waals surface area contributed by atoms with Crippen molar-refractivity contribution in [3.05, 3.63) is 53.2 Å². The molecule has 0 fully saturated rings. The Balaban J connectivity index is 1.84. The summed E-state index contributed by atoms with van der Waals surface area (Å²) in [5.74, 6) is 0.764. The van der Waals surface area contributed by atoms with Crippen LogP contribution >= 0.6 is 0 Å². The van der Waals surface area contributed by atoms with Gasteiger partial charge in [-0.2, -0.15) is 0 Å². The number of aryl methyl sites for hydroxylation is 2. The average molecular weight is 321 g/mol. The van der Waals surface area contributed by atoms with Crippen LogP contribution in [0.4, 0.5) is 5.69 Å². The van der Waals surface area contributed by atoms with Crippen molar-refractivity contribution in [2.45, 2.75) is 27.3 Å². The fourth-order valence-corrected chi connectivity index (χ4v) is 2.58. The molecule has 6 nitrogen and oxygen atoms in total. The number of anilines is 1. The summed E-state index contributed by atoms with van der Waals surface area (Å²) in [6, 6.07) is 7.54. The molecule has 3 rings (SSSR count). The first kappa shape index (κ1) is 16.0. The minimum atomic E-state index is 0.0652. The zero-order chi connectivity index (χ0) is 17.3. The van der Waals surface area contributed by atoms with Gasteiger partial charge in [-0.25, -0.2) is 19.9 Å². The molecule has 0 N–H and O–H groups in total. The maximum Gasteiger partial charge on any atom is 0.181 e. The number of ketones is 1. The van der Waals surface area contributed by atoms with Gasteiger partial charge in [-0.3, -0.25) is 4.79 Å². The minimum Gasteiger partial charge on any atom is -0.369 e. The Morgan fingerprint density at radius 2 is 1.79 bits per heavy atom. The Morgan fingerprint density at radius 3 is 2.46 bits per heavy atom. The van der Waals surface area contributed by atoms with E-state index in [2.05, 4.69) is 24.8 Å². The molecule has 122 valence electrons. The molecule has 1 aromatic carbocycles. The molecule has 0 saturated carbocycles. The molecular weight excluding hydrogens is 302 g/mol. The monoisotopic (exact) mass is 321 g/mol. The first-order valence-corrected chi connectivity index (χ1v) is 7.73. The first-order valence-electron chi connectivity index (χ1n) is 7.73. The number of carbonyl (C=O) groups is 1. The van der Waals surface area contributed by atoms with Crippen LogP contribution in [-0.4, -0.2) is 32.8 Å². The van der Waals surface area contributed by atoms with Gasteiger partial charge in [-0.05, 0) is 45.0 Å². The maximum absolute atomic E-state index is 11.4. The van der Waals surface area contributed by atoms with Crippen molar-refractivity contribution in [2.24, 2.45) is 0 Å². The van der Waals surface area contributed by atoms with E-state index in [4.69, 9.17) is 0 Å². The van der Waals surface area contributed by atoms with Gasteiger partial charge < -0.3 is 4.90 Å². The standard InChI is InChI=1S/C18H19N5O/c1-11-17-18(21-13(3)20-11)19-9-15(22-17)10-23(4)16-7-5-14(6-8-16)12(2)24/h5-9H,10H2,1-4H3. The van der Waals surface area contributed by atoms with Crippen LogP contribution in [0.3, 0.4) is 0 Å². The lowest BCUT2D eigenvalue weighted by molar-refractivity contribution is 0.101. The van der Waals surface area contributed by atoms with Gasteiger partial charge in [0.15, 0.2) is 11.4 Å². The predicted octanol–water partition coefficient (Wildman–Crippen LogP) is 2.88. The third-order valence-corrected chi connectivity index (χ3v) is 3.86. The Hall–Kier alpha value is -2.89. The molecule has 0 radical (unpaired) electrons. The summed E-state index contributed by atoms with van der Waals surface area (Å²) < 4.78 is 0. The molecule has 0 unspecified atom stereocenters. The molecule has 2 aromatic heterocycles. The van der Waals surface area contributed by atoms with E-state index in [1.54, 1.807) is 13.1 Å². The number of hydrogen-bond donors (Lipinski definition) is 0. The van der Waals surface area contributed by atoms with E-state index in [1.807, 2.05) is 45.2 Å². The Labute approximate surface area is 140 Å². The van der Waals surface area contributed by atoms with Crippen LogP contribution in [0, 0.1) is 13.8 Å². The number of carbonyl (C=O) groups excluding carboxylic acids is 1. The van der Waals surface area contributed by atoms with E-state index in [-0.39, 0.29) is 5.78 Å². The van der Waals surface area contributed by atoms with Gasteiger partial charge in [-0.1, -0.05) is 0 Å². The van der Waals surface area contributed by atoms with E-state index in [1.165, 1.54) is 0 Å². The maximum atomic E-state index is 11.4. The van der Waals surface area contributed by atoms with Crippen molar-refractivity contribution in [3.63, 3.8) is 0 Å². The first-order chi connectivity index (χ1) is 11.4. The zero-order valence-corrected chi connectivity index (χ0v) is 14.2. The average Bonchev–Trinajstić information content (AvgIpc) is 2.55. The summed E-state index contributed by atoms with van der Waals surface area (Å²) in [6.45, 7) is 5.94. The second kappa shape index (κ2) is 6.31. The molecule has 0 saturated heterocycles. The fraction of sp³-hybridized carbons (Fsp3) is 0.278. The molecule has 24 heavy (non-hydrogen) atoms. The van der Waals surface area contributed by atoms with Crippen LogP contribution in [0.1, 0.15) is 34.5 Å². The number of rotatable bonds is 4. The highest BCUT2D eigenvalue weighted by Gasteiger charge is 2.09. The van der Waals surface area contributed by atoms with Gasteiger partial charge in [0.05, 0.1) is 24.1 Å². The molecule has 0 amide bonds. The quantitative estimate of drug-likeness (QED) is 0.688. The minimum absolute atomic E-state index is 0.0652. The molecule has 2 heterocycles. The van der Waals surface area contributed by atoms with E-state index in [0.29, 0.717) is 23.6 Å². The van der Waals surface area contributed by atoms with Gasteiger partial charge >= 0.3 is 0 Å². The molecule has 0 atom stereocenters. The van der Waals surface area contributed by atoms with Crippen molar-refractivity contribution in [1.82, 2.24) is 19.9 Å². The van der Waals surface area contributed by atoms with Gasteiger partial charge in [0, 0.05) is 18.3 Å². The summed E-state index contributed by atoms with van der Waals surface area (Å²) in [5.41, 5.74) is 4.76. The second-order valence-electron chi connectivity index (χ2n) is 5.85. The van der Waals surface area contributed by atoms with Crippen molar-refractivity contribution in [3.8, 4) is 0 Å². The third kappa shape index (κ3) is 3.22. The second-order valence-corrected chi connectivity index (χ2v) is 5.85. The summed E-state index contributed by atoms with van der Waals surface area (Å²) in [4.78, 5) is 31.1. The number of benzene rings is 1. The number of nitrogens with zero attached hydrogens (tertiary/aromatic N) is 5. The van der Waals surface area contributed by atoms with Crippen LogP contribution in [0.25, 0.3) is 11.2 Å². The van der Waals surface area contributed by atoms with Crippen LogP contribution in [0.2, 0.25) is 0 Å². The molecule has 0 aliphatic carbocycles. The highest BCUT2D eigenvalue weighted by Crippen LogP contribution is 2.17. The number of fused-ring (bicyclic) bond motifs is 1. The van der Waals surface area contributed by atoms with Crippen molar-refractivity contribution in [1.29, 1.82) is 0 Å². The van der Waals surface area contributed by atoms with Crippen molar-refractivity contribution in [2.75, 3.05) is 11.9 Å². The van der Waals surface area contributed by atoms with E-state index in [9.17, 15) is 4.79 Å². The smallest absolute Gasteiger partial charge is 0.181 e. The molecule has 0 bridgehead atoms. The van der Waals surface area contributed by atoms with Gasteiger partial charge in [0.1, 0.15) is 11.3 Å². The zero-order valence-electron chi connectivity index (χ0n) is 14.2. The largest absolute Gasteiger partial charge is 0.369 e. The van der Waals surface area contributed by atoms with E-state index >= 15 is 0 Å². The van der Waals surface area contributed by atoms with Crippen LogP contribution in [0.5, 0.6) is 0 Å². The summed E-state index contributed by atoms with van der Waals surface area (Å²) in [7, 11) is 1.98. The molecule has 0 spiro atoms. The Morgan fingerprint density at radius 1 is 1.08 bits per heavy atom. The van der Waals surface area contributed by atoms with Crippen molar-refractivity contribution >= 4 is 22.6 Å². The number of hydrogen-bond acceptors (Lipinski definition) is 6. The lowest BCUT2D eigenvalue weighted by Crippen LogP contribution is -2.17. The Bertz CT molecular complexity index is 905. The van der Waals surface area contributed by atoms with Crippen molar-refractivity contribution < 1.29 is 4.79 Å². The SMILES string of the molecule is CC(=O)c1ccc(N(C)Cc2cnc3nc(C)nc(C)c3n2)cc1. The molecular formula is C18H19N5O. The van der Waals surface area contributed by atoms with Gasteiger partial charge in [0.2, 0.25) is 0 Å². The summed E-state index contributed by atoms with van der Waals surface area (Å²) in [6.07, 6.45) is 1.74. The van der Waals surface area contributed by atoms with Crippen LogP contribution < -0.4 is 4.90 Å². The molecule has 0 aliphatic heterocycles. The third-order valence-electron chi connectivity index (χ3n) is 3.86. The highest BCUT2D eigenvalue weighted by molar-refractivity contribution is 5.94. The number of Topliss-reactive ketones (excluding diaryl/α,β-unsaturated/α-hetero) is 1. The number of aromatic nitrogens is 4. The highest BCUT2D eigenvalue weighted by atomic mass is 16.1. The fourth-order valence-electron chi connectivity index (χ4n) is 2.58. The normalized spacial score (nSPS) is 10.8. The van der Waals surface area contributed by atoms with Crippen LogP contribution in [0.15, 0.2) is 30.5 Å². The lowest BCUT2D eigenvalue weighted by atomic mass is 10.1. The summed E-state index contributed by atoms with van der Waals surface area (Å²) >= 11 is 0. The lowest BCUT2D eigenvalue weighted by Gasteiger charge is -2.19. The summed E-state index contributed by atoms with van der Waals surface area (Å²) in [5, 5.41) is 0. The van der Waals surface area contributed by atoms with Gasteiger partial charge in [-0.15, -0.1) is 0 Å². The van der Waals surface area contributed by atoms with E-state index in [0.717, 1.165) is 22.6 Å². The predicted molar refractivity (Wildman–Crippen MR) is 93.2 cm³/mol. The molecule has 0 aliphatic rings. The molecule has 6 heteroatoms. The van der Waals surface area contributed by atoms with Gasteiger partial charge in [0.25, 0.3) is 0 Å².